The fourth-order valence-corrected chi connectivity index (χ4v) is 7.04. The molecule has 1 aromatic heterocycles. The van der Waals surface area contributed by atoms with Gasteiger partial charge >= 0.3 is 5.97 Å². The van der Waals surface area contributed by atoms with Crippen LogP contribution in [-0.4, -0.2) is 66.8 Å². The van der Waals surface area contributed by atoms with Gasteiger partial charge in [0, 0.05) is 17.2 Å². The molecule has 0 aliphatic carbocycles. The standard InChI is InChI=1S/C22H20N6O5S3/c1-11-26-27-22(36-11)35-10-13-9-34-20-17(19(31)28(20)18(13)21(32)33)25-16(30)8-12-4-2-3-5-14(12)24-15(29)6-7-23/h2-5,17,20H,6,8-10H2,1H3,(H,24,29)(H,25,30)(H,32,33)/t17?,20-/m1/s1. The number of hydrogen-bond donors (Lipinski definition) is 3. The van der Waals surface area contributed by atoms with Crippen molar-refractivity contribution in [2.24, 2.45) is 0 Å². The van der Waals surface area contributed by atoms with Gasteiger partial charge in [0.25, 0.3) is 5.91 Å². The number of aryl methyl sites for hydroxylation is 1. The Morgan fingerprint density at radius 3 is 2.75 bits per heavy atom. The van der Waals surface area contributed by atoms with Crippen molar-refractivity contribution in [2.45, 2.75) is 35.5 Å². The number of β-lactam (4-membered cyclic amide) rings is 1. The van der Waals surface area contributed by atoms with Gasteiger partial charge in [-0.2, -0.15) is 5.26 Å². The van der Waals surface area contributed by atoms with Crippen molar-refractivity contribution in [2.75, 3.05) is 16.8 Å². The molecule has 2 aromatic rings. The predicted molar refractivity (Wildman–Crippen MR) is 134 cm³/mol. The zero-order valence-corrected chi connectivity index (χ0v) is 21.3. The lowest BCUT2D eigenvalue weighted by molar-refractivity contribution is -0.150. The van der Waals surface area contributed by atoms with E-state index in [2.05, 4.69) is 20.8 Å². The molecular weight excluding hydrogens is 524 g/mol. The van der Waals surface area contributed by atoms with Crippen molar-refractivity contribution in [1.29, 1.82) is 5.26 Å². The van der Waals surface area contributed by atoms with Gasteiger partial charge in [-0.3, -0.25) is 19.3 Å². The van der Waals surface area contributed by atoms with E-state index in [1.165, 1.54) is 39.8 Å². The van der Waals surface area contributed by atoms with Crippen LogP contribution in [0.5, 0.6) is 0 Å². The molecular formula is C22H20N6O5S3. The van der Waals surface area contributed by atoms with Gasteiger partial charge in [0.15, 0.2) is 4.34 Å². The van der Waals surface area contributed by atoms with Crippen LogP contribution < -0.4 is 10.6 Å². The van der Waals surface area contributed by atoms with E-state index in [-0.39, 0.29) is 18.5 Å². The molecule has 3 N–H and O–H groups in total. The summed E-state index contributed by atoms with van der Waals surface area (Å²) in [4.78, 5) is 50.7. The minimum absolute atomic E-state index is 0.0477. The van der Waals surface area contributed by atoms with Crippen LogP contribution in [0.25, 0.3) is 0 Å². The Bertz CT molecular complexity index is 1300. The molecule has 14 heteroatoms. The lowest BCUT2D eigenvalue weighted by Gasteiger charge is -2.49. The second-order valence-corrected chi connectivity index (χ2v) is 11.3. The van der Waals surface area contributed by atoms with Gasteiger partial charge in [-0.25, -0.2) is 4.79 Å². The summed E-state index contributed by atoms with van der Waals surface area (Å²) in [6.45, 7) is 1.83. The summed E-state index contributed by atoms with van der Waals surface area (Å²) in [6, 6.07) is 7.61. The molecule has 1 fully saturated rings. The third kappa shape index (κ3) is 5.53. The summed E-state index contributed by atoms with van der Waals surface area (Å²) in [5.74, 6) is -1.83. The Kier molecular flexibility index (Phi) is 7.92. The third-order valence-electron chi connectivity index (χ3n) is 5.33. The number of rotatable bonds is 9. The Labute approximate surface area is 218 Å². The van der Waals surface area contributed by atoms with Crippen LogP contribution in [0.4, 0.5) is 5.69 Å². The van der Waals surface area contributed by atoms with Gasteiger partial charge in [-0.15, -0.1) is 22.0 Å². The third-order valence-corrected chi connectivity index (χ3v) is 8.72. The number of nitrogens with one attached hydrogen (secondary N) is 2. The Hall–Kier alpha value is -3.41. The molecule has 11 nitrogen and oxygen atoms in total. The van der Waals surface area contributed by atoms with E-state index in [0.717, 1.165) is 9.35 Å². The van der Waals surface area contributed by atoms with E-state index in [0.29, 0.717) is 28.3 Å². The molecule has 2 aliphatic rings. The molecule has 4 rings (SSSR count). The molecule has 1 aromatic carbocycles. The van der Waals surface area contributed by atoms with E-state index < -0.39 is 35.1 Å². The average molecular weight is 545 g/mol. The second kappa shape index (κ2) is 11.1. The van der Waals surface area contributed by atoms with Crippen molar-refractivity contribution in [1.82, 2.24) is 20.4 Å². The minimum atomic E-state index is -1.19. The molecule has 0 saturated carbocycles. The average Bonchev–Trinajstić information content (AvgIpc) is 3.26. The number of amides is 3. The van der Waals surface area contributed by atoms with Crippen LogP contribution in [0, 0.1) is 18.3 Å². The number of carbonyl (C=O) groups excluding carboxylic acids is 3. The van der Waals surface area contributed by atoms with Gasteiger partial charge in [-0.05, 0) is 24.1 Å². The number of hydrogen-bond acceptors (Lipinski definition) is 10. The summed E-state index contributed by atoms with van der Waals surface area (Å²) in [5, 5.41) is 32.1. The number of carboxylic acids is 1. The highest BCUT2D eigenvalue weighted by atomic mass is 32.2. The van der Waals surface area contributed by atoms with Crippen LogP contribution in [0.1, 0.15) is 17.0 Å². The predicted octanol–water partition coefficient (Wildman–Crippen LogP) is 1.77. The number of nitrogens with zero attached hydrogens (tertiary/aromatic N) is 4. The van der Waals surface area contributed by atoms with Crippen LogP contribution in [0.3, 0.4) is 0 Å². The van der Waals surface area contributed by atoms with Crippen molar-refractivity contribution in [3.63, 3.8) is 0 Å². The number of thioether (sulfide) groups is 2. The number of aliphatic carboxylic acids is 1. The Morgan fingerprint density at radius 2 is 2.06 bits per heavy atom. The molecule has 3 amide bonds. The molecule has 0 radical (unpaired) electrons. The maximum Gasteiger partial charge on any atom is 0.352 e. The van der Waals surface area contributed by atoms with E-state index in [4.69, 9.17) is 5.26 Å². The van der Waals surface area contributed by atoms with Crippen LogP contribution in [0.15, 0.2) is 39.9 Å². The van der Waals surface area contributed by atoms with Gasteiger partial charge < -0.3 is 15.7 Å². The summed E-state index contributed by atoms with van der Waals surface area (Å²) >= 11 is 4.18. The molecule has 2 atom stereocenters. The fraction of sp³-hybridized carbons (Fsp3) is 0.318. The summed E-state index contributed by atoms with van der Waals surface area (Å²) in [6.07, 6.45) is -0.416. The number of carboxylic acid groups (broad SMARTS) is 1. The zero-order chi connectivity index (χ0) is 25.8. The first-order valence-electron chi connectivity index (χ1n) is 10.7. The molecule has 3 heterocycles. The van der Waals surface area contributed by atoms with E-state index >= 15 is 0 Å². The molecule has 0 spiro atoms. The topological polar surface area (TPSA) is 165 Å². The van der Waals surface area contributed by atoms with Crippen molar-refractivity contribution in [3.05, 3.63) is 46.1 Å². The highest BCUT2D eigenvalue weighted by Crippen LogP contribution is 2.41. The first-order valence-corrected chi connectivity index (χ1v) is 13.5. The number of fused-ring (bicyclic) bond motifs is 1. The summed E-state index contributed by atoms with van der Waals surface area (Å²) in [5.41, 5.74) is 1.50. The Balaban J connectivity index is 1.41. The van der Waals surface area contributed by atoms with Crippen LogP contribution in [-0.2, 0) is 25.6 Å². The molecule has 0 bridgehead atoms. The monoisotopic (exact) mass is 544 g/mol. The van der Waals surface area contributed by atoms with E-state index in [1.807, 2.05) is 6.92 Å². The van der Waals surface area contributed by atoms with Gasteiger partial charge in [0.2, 0.25) is 11.8 Å². The minimum Gasteiger partial charge on any atom is -0.477 e. The van der Waals surface area contributed by atoms with E-state index in [9.17, 15) is 24.3 Å². The molecule has 2 aliphatic heterocycles. The fourth-order valence-electron chi connectivity index (χ4n) is 3.74. The van der Waals surface area contributed by atoms with Crippen LogP contribution in [0.2, 0.25) is 0 Å². The highest BCUT2D eigenvalue weighted by Gasteiger charge is 2.54. The quantitative estimate of drug-likeness (QED) is 0.313. The first-order chi connectivity index (χ1) is 17.3. The van der Waals surface area contributed by atoms with Gasteiger partial charge in [0.1, 0.15) is 28.5 Å². The number of nitriles is 1. The van der Waals surface area contributed by atoms with Crippen molar-refractivity contribution in [3.8, 4) is 6.07 Å². The smallest absolute Gasteiger partial charge is 0.352 e. The largest absolute Gasteiger partial charge is 0.477 e. The summed E-state index contributed by atoms with van der Waals surface area (Å²) in [7, 11) is 0. The van der Waals surface area contributed by atoms with Gasteiger partial charge in [0.05, 0.1) is 12.5 Å². The highest BCUT2D eigenvalue weighted by molar-refractivity contribution is 8.01. The SMILES string of the molecule is Cc1nnc(SCC2=C(C(=O)O)N3C(=O)C(NC(=O)Cc4ccccc4NC(=O)CC#N)[C@H]3SC2)s1. The number of benzene rings is 1. The normalized spacial score (nSPS) is 18.7. The second-order valence-electron chi connectivity index (χ2n) is 7.80. The zero-order valence-electron chi connectivity index (χ0n) is 18.9. The number of carbonyl (C=O) groups is 4. The molecule has 1 unspecified atom stereocenters. The summed E-state index contributed by atoms with van der Waals surface area (Å²) < 4.78 is 0.723. The van der Waals surface area contributed by atoms with Gasteiger partial charge in [-0.1, -0.05) is 41.3 Å². The number of para-hydroxylation sites is 1. The lowest BCUT2D eigenvalue weighted by atomic mass is 10.0. The maximum absolute atomic E-state index is 12.9. The lowest BCUT2D eigenvalue weighted by Crippen LogP contribution is -2.70. The van der Waals surface area contributed by atoms with Crippen LogP contribution >= 0.6 is 34.9 Å². The molecule has 36 heavy (non-hydrogen) atoms. The van der Waals surface area contributed by atoms with E-state index in [1.54, 1.807) is 30.3 Å². The van der Waals surface area contributed by atoms with Crippen molar-refractivity contribution < 1.29 is 24.3 Å². The number of aromatic nitrogens is 2. The Morgan fingerprint density at radius 1 is 1.28 bits per heavy atom. The molecule has 186 valence electrons. The van der Waals surface area contributed by atoms with Crippen molar-refractivity contribution >= 4 is 64.2 Å². The number of anilines is 1. The molecule has 1 saturated heterocycles. The maximum atomic E-state index is 12.9. The first kappa shape index (κ1) is 25.7.